The average molecular weight is 387 g/mol. The maximum atomic E-state index is 12.6. The third-order valence-corrected chi connectivity index (χ3v) is 6.52. The summed E-state index contributed by atoms with van der Waals surface area (Å²) >= 11 is 0. The zero-order chi connectivity index (χ0) is 19.3. The zero-order valence-corrected chi connectivity index (χ0v) is 17.1. The van der Waals surface area contributed by atoms with Gasteiger partial charge in [-0.05, 0) is 67.5 Å². The average Bonchev–Trinajstić information content (AvgIpc) is 3.46. The summed E-state index contributed by atoms with van der Waals surface area (Å²) in [4.78, 5) is 2.81. The second-order valence-corrected chi connectivity index (χ2v) is 9.34. The molecule has 0 amide bonds. The van der Waals surface area contributed by atoms with Gasteiger partial charge in [-0.15, -0.1) is 0 Å². The van der Waals surface area contributed by atoms with Crippen LogP contribution in [0.25, 0.3) is 0 Å². The standard InChI is InChI=1S/C22H30N2O2S/c1-3-14-24(16-19-8-9-19)17-20-10-12-22(13-11-20)27(25,26)23-15-21-7-5-4-6-18(21)2/h4-7,10-13,19,23H,3,8-9,14-17H2,1-2H3. The molecule has 0 atom stereocenters. The maximum absolute atomic E-state index is 12.6. The van der Waals surface area contributed by atoms with E-state index in [2.05, 4.69) is 16.5 Å². The van der Waals surface area contributed by atoms with Crippen molar-refractivity contribution in [1.82, 2.24) is 9.62 Å². The maximum Gasteiger partial charge on any atom is 0.240 e. The normalized spacial score (nSPS) is 14.6. The van der Waals surface area contributed by atoms with Crippen LogP contribution in [0.15, 0.2) is 53.4 Å². The number of benzene rings is 2. The Morgan fingerprint density at radius 3 is 2.41 bits per heavy atom. The van der Waals surface area contributed by atoms with Crippen LogP contribution >= 0.6 is 0 Å². The van der Waals surface area contributed by atoms with E-state index in [0.29, 0.717) is 11.4 Å². The number of hydrogen-bond acceptors (Lipinski definition) is 3. The van der Waals surface area contributed by atoms with E-state index in [1.54, 1.807) is 12.1 Å². The monoisotopic (exact) mass is 386 g/mol. The van der Waals surface area contributed by atoms with Gasteiger partial charge in [-0.3, -0.25) is 4.90 Å². The van der Waals surface area contributed by atoms with E-state index in [1.165, 1.54) is 18.4 Å². The smallest absolute Gasteiger partial charge is 0.240 e. The van der Waals surface area contributed by atoms with Crippen molar-refractivity contribution >= 4 is 10.0 Å². The van der Waals surface area contributed by atoms with Crippen molar-refractivity contribution in [1.29, 1.82) is 0 Å². The Bertz CT molecular complexity index is 843. The Labute approximate surface area is 163 Å². The van der Waals surface area contributed by atoms with Gasteiger partial charge >= 0.3 is 0 Å². The predicted octanol–water partition coefficient (Wildman–Crippen LogP) is 4.10. The van der Waals surface area contributed by atoms with Crippen molar-refractivity contribution in [2.45, 2.75) is 51.1 Å². The van der Waals surface area contributed by atoms with Crippen LogP contribution in [0.4, 0.5) is 0 Å². The minimum absolute atomic E-state index is 0.308. The van der Waals surface area contributed by atoms with E-state index >= 15 is 0 Å². The highest BCUT2D eigenvalue weighted by Gasteiger charge is 2.24. The Balaban J connectivity index is 1.61. The summed E-state index contributed by atoms with van der Waals surface area (Å²) in [5.41, 5.74) is 3.25. The second kappa shape index (κ2) is 9.00. The lowest BCUT2D eigenvalue weighted by Gasteiger charge is -2.21. The molecule has 2 aromatic rings. The largest absolute Gasteiger partial charge is 0.299 e. The summed E-state index contributed by atoms with van der Waals surface area (Å²) in [5.74, 6) is 0.863. The molecule has 1 aliphatic carbocycles. The first-order valence-corrected chi connectivity index (χ1v) is 11.3. The summed E-state index contributed by atoms with van der Waals surface area (Å²) in [5, 5.41) is 0. The first-order valence-electron chi connectivity index (χ1n) is 9.83. The number of sulfonamides is 1. The van der Waals surface area contributed by atoms with Crippen LogP contribution < -0.4 is 4.72 Å². The summed E-state index contributed by atoms with van der Waals surface area (Å²) < 4.78 is 27.9. The summed E-state index contributed by atoms with van der Waals surface area (Å²) in [6.45, 7) is 7.64. The molecular weight excluding hydrogens is 356 g/mol. The Morgan fingerprint density at radius 1 is 1.07 bits per heavy atom. The van der Waals surface area contributed by atoms with Crippen molar-refractivity contribution in [2.24, 2.45) is 5.92 Å². The van der Waals surface area contributed by atoms with Gasteiger partial charge in [0, 0.05) is 19.6 Å². The lowest BCUT2D eigenvalue weighted by Crippen LogP contribution is -2.26. The highest BCUT2D eigenvalue weighted by molar-refractivity contribution is 7.89. The third-order valence-electron chi connectivity index (χ3n) is 5.11. The molecule has 2 aromatic carbocycles. The van der Waals surface area contributed by atoms with Crippen LogP contribution in [-0.2, 0) is 23.1 Å². The molecule has 1 aliphatic rings. The van der Waals surface area contributed by atoms with Crippen molar-refractivity contribution in [2.75, 3.05) is 13.1 Å². The lowest BCUT2D eigenvalue weighted by molar-refractivity contribution is 0.255. The minimum Gasteiger partial charge on any atom is -0.299 e. The van der Waals surface area contributed by atoms with E-state index in [-0.39, 0.29) is 0 Å². The molecule has 1 saturated carbocycles. The second-order valence-electron chi connectivity index (χ2n) is 7.57. The van der Waals surface area contributed by atoms with Crippen molar-refractivity contribution in [3.8, 4) is 0 Å². The topological polar surface area (TPSA) is 49.4 Å². The molecule has 5 heteroatoms. The van der Waals surface area contributed by atoms with Gasteiger partial charge in [0.15, 0.2) is 0 Å². The predicted molar refractivity (Wildman–Crippen MR) is 110 cm³/mol. The zero-order valence-electron chi connectivity index (χ0n) is 16.3. The summed E-state index contributed by atoms with van der Waals surface area (Å²) in [6, 6.07) is 15.1. The summed E-state index contributed by atoms with van der Waals surface area (Å²) in [7, 11) is -3.50. The lowest BCUT2D eigenvalue weighted by atomic mass is 10.1. The number of rotatable bonds is 10. The number of nitrogens with one attached hydrogen (secondary N) is 1. The molecule has 0 radical (unpaired) electrons. The van der Waals surface area contributed by atoms with E-state index < -0.39 is 10.0 Å². The number of nitrogens with zero attached hydrogens (tertiary/aromatic N) is 1. The fourth-order valence-electron chi connectivity index (χ4n) is 3.31. The molecule has 1 N–H and O–H groups in total. The SMILES string of the molecule is CCCN(Cc1ccc(S(=O)(=O)NCc2ccccc2C)cc1)CC1CC1. The molecule has 1 fully saturated rings. The molecule has 3 rings (SSSR count). The molecule has 0 spiro atoms. The van der Waals surface area contributed by atoms with Crippen LogP contribution in [0.1, 0.15) is 42.9 Å². The fourth-order valence-corrected chi connectivity index (χ4v) is 4.32. The van der Waals surface area contributed by atoms with Crippen LogP contribution in [-0.4, -0.2) is 26.4 Å². The minimum atomic E-state index is -3.50. The molecule has 0 saturated heterocycles. The highest BCUT2D eigenvalue weighted by atomic mass is 32.2. The first kappa shape index (κ1) is 20.1. The number of aryl methyl sites for hydroxylation is 1. The van der Waals surface area contributed by atoms with E-state index in [4.69, 9.17) is 0 Å². The molecule has 0 heterocycles. The van der Waals surface area contributed by atoms with Crippen molar-refractivity contribution in [3.05, 3.63) is 65.2 Å². The van der Waals surface area contributed by atoms with Gasteiger partial charge in [0.1, 0.15) is 0 Å². The van der Waals surface area contributed by atoms with Gasteiger partial charge in [-0.2, -0.15) is 0 Å². The van der Waals surface area contributed by atoms with Crippen molar-refractivity contribution < 1.29 is 8.42 Å². The van der Waals surface area contributed by atoms with Gasteiger partial charge < -0.3 is 0 Å². The molecule has 0 bridgehead atoms. The van der Waals surface area contributed by atoms with Gasteiger partial charge in [0.05, 0.1) is 4.90 Å². The number of hydrogen-bond donors (Lipinski definition) is 1. The quantitative estimate of drug-likeness (QED) is 0.669. The molecule has 4 nitrogen and oxygen atoms in total. The molecule has 0 unspecified atom stereocenters. The van der Waals surface area contributed by atoms with E-state index in [0.717, 1.165) is 43.1 Å². The third kappa shape index (κ3) is 5.89. The molecule has 0 aliphatic heterocycles. The Morgan fingerprint density at radius 2 is 1.78 bits per heavy atom. The molecular formula is C22H30N2O2S. The van der Waals surface area contributed by atoms with E-state index in [9.17, 15) is 8.42 Å². The molecule has 146 valence electrons. The van der Waals surface area contributed by atoms with Crippen LogP contribution in [0.2, 0.25) is 0 Å². The van der Waals surface area contributed by atoms with Gasteiger partial charge in [0.25, 0.3) is 0 Å². The first-order chi connectivity index (χ1) is 13.0. The summed E-state index contributed by atoms with van der Waals surface area (Å²) in [6.07, 6.45) is 3.84. The fraction of sp³-hybridized carbons (Fsp3) is 0.455. The van der Waals surface area contributed by atoms with Crippen LogP contribution in [0, 0.1) is 12.8 Å². The Hall–Kier alpha value is -1.69. The van der Waals surface area contributed by atoms with Gasteiger partial charge in [-0.25, -0.2) is 13.1 Å². The molecule has 27 heavy (non-hydrogen) atoms. The van der Waals surface area contributed by atoms with Gasteiger partial charge in [0.2, 0.25) is 10.0 Å². The molecule has 0 aromatic heterocycles. The van der Waals surface area contributed by atoms with Gasteiger partial charge in [-0.1, -0.05) is 43.3 Å². The van der Waals surface area contributed by atoms with Crippen LogP contribution in [0.5, 0.6) is 0 Å². The van der Waals surface area contributed by atoms with Crippen molar-refractivity contribution in [3.63, 3.8) is 0 Å². The highest BCUT2D eigenvalue weighted by Crippen LogP contribution is 2.30. The van der Waals surface area contributed by atoms with Crippen LogP contribution in [0.3, 0.4) is 0 Å². The van der Waals surface area contributed by atoms with E-state index in [1.807, 2.05) is 43.3 Å². The Kier molecular flexibility index (Phi) is 6.68.